The standard InChI is InChI=1S/C28H25N3O5S/c1-5-36-27(34)23-16(3)29-28-31(24(23)17-8-6-15(2)7-9-17)26(33)22(37-28)13-19-12-18-10-11-20(35-4)14-21(18)30-25(19)32/h6-14,24H,5H2,1-4H3,(H,30,32). The van der Waals surface area contributed by atoms with Gasteiger partial charge in [-0.05, 0) is 56.0 Å². The summed E-state index contributed by atoms with van der Waals surface area (Å²) in [5, 5.41) is 0.803. The van der Waals surface area contributed by atoms with Crippen LogP contribution in [0.5, 0.6) is 5.75 Å². The van der Waals surface area contributed by atoms with Crippen molar-refractivity contribution in [2.45, 2.75) is 26.8 Å². The van der Waals surface area contributed by atoms with Gasteiger partial charge in [0.05, 0.1) is 41.1 Å². The fourth-order valence-electron chi connectivity index (χ4n) is 4.43. The molecule has 1 unspecified atom stereocenters. The van der Waals surface area contributed by atoms with E-state index < -0.39 is 12.0 Å². The minimum atomic E-state index is -0.694. The van der Waals surface area contributed by atoms with E-state index in [2.05, 4.69) is 9.98 Å². The number of methoxy groups -OCH3 is 1. The van der Waals surface area contributed by atoms with Gasteiger partial charge in [0.1, 0.15) is 5.75 Å². The molecule has 2 aromatic heterocycles. The molecule has 5 rings (SSSR count). The number of fused-ring (bicyclic) bond motifs is 2. The summed E-state index contributed by atoms with van der Waals surface area (Å²) in [5.74, 6) is 0.123. The summed E-state index contributed by atoms with van der Waals surface area (Å²) in [7, 11) is 1.56. The van der Waals surface area contributed by atoms with Crippen LogP contribution >= 0.6 is 11.3 Å². The third-order valence-electron chi connectivity index (χ3n) is 6.28. The molecule has 37 heavy (non-hydrogen) atoms. The third-order valence-corrected chi connectivity index (χ3v) is 7.26. The summed E-state index contributed by atoms with van der Waals surface area (Å²) in [6, 6.07) is 14.1. The Morgan fingerprint density at radius 1 is 1.14 bits per heavy atom. The molecular weight excluding hydrogens is 490 g/mol. The SMILES string of the molecule is CCOC(=O)C1=C(C)N=c2sc(=Cc3cc4ccc(OC)cc4[nH]c3=O)c(=O)n2C1c1ccc(C)cc1. The van der Waals surface area contributed by atoms with E-state index in [1.54, 1.807) is 45.2 Å². The highest BCUT2D eigenvalue weighted by Crippen LogP contribution is 2.30. The maximum atomic E-state index is 13.7. The number of aryl methyl sites for hydroxylation is 1. The summed E-state index contributed by atoms with van der Waals surface area (Å²) in [4.78, 5) is 47.5. The van der Waals surface area contributed by atoms with E-state index in [9.17, 15) is 14.4 Å². The van der Waals surface area contributed by atoms with Gasteiger partial charge in [-0.1, -0.05) is 41.2 Å². The molecule has 8 nitrogen and oxygen atoms in total. The van der Waals surface area contributed by atoms with E-state index in [0.717, 1.165) is 16.5 Å². The molecule has 1 atom stereocenters. The van der Waals surface area contributed by atoms with E-state index >= 15 is 0 Å². The van der Waals surface area contributed by atoms with Crippen LogP contribution in [0.25, 0.3) is 17.0 Å². The van der Waals surface area contributed by atoms with E-state index in [-0.39, 0.29) is 17.7 Å². The highest BCUT2D eigenvalue weighted by Gasteiger charge is 2.33. The van der Waals surface area contributed by atoms with Crippen LogP contribution in [-0.2, 0) is 9.53 Å². The van der Waals surface area contributed by atoms with Crippen molar-refractivity contribution in [1.29, 1.82) is 0 Å². The molecule has 1 aliphatic heterocycles. The van der Waals surface area contributed by atoms with Crippen LogP contribution in [-0.4, -0.2) is 29.2 Å². The Morgan fingerprint density at radius 3 is 2.59 bits per heavy atom. The van der Waals surface area contributed by atoms with Crippen molar-refractivity contribution in [3.8, 4) is 5.75 Å². The van der Waals surface area contributed by atoms with Gasteiger partial charge in [-0.3, -0.25) is 14.2 Å². The fraction of sp³-hybridized carbons (Fsp3) is 0.214. The highest BCUT2D eigenvalue weighted by molar-refractivity contribution is 7.07. The second-order valence-electron chi connectivity index (χ2n) is 8.72. The van der Waals surface area contributed by atoms with Gasteiger partial charge in [0.15, 0.2) is 4.80 Å². The summed E-state index contributed by atoms with van der Waals surface area (Å²) in [6.45, 7) is 5.66. The molecule has 3 heterocycles. The predicted octanol–water partition coefficient (Wildman–Crippen LogP) is 2.96. The first-order valence-corrected chi connectivity index (χ1v) is 12.6. The predicted molar refractivity (Wildman–Crippen MR) is 143 cm³/mol. The molecule has 0 saturated carbocycles. The van der Waals surface area contributed by atoms with Crippen LogP contribution in [0, 0.1) is 6.92 Å². The van der Waals surface area contributed by atoms with Gasteiger partial charge in [0.2, 0.25) is 0 Å². The fourth-order valence-corrected chi connectivity index (χ4v) is 5.47. The van der Waals surface area contributed by atoms with Crippen LogP contribution in [0.15, 0.2) is 74.4 Å². The Bertz CT molecular complexity index is 1810. The number of aromatic amines is 1. The summed E-state index contributed by atoms with van der Waals surface area (Å²) < 4.78 is 12.4. The molecular formula is C28H25N3O5S. The van der Waals surface area contributed by atoms with Crippen molar-refractivity contribution in [3.05, 3.63) is 107 Å². The van der Waals surface area contributed by atoms with Crippen molar-refractivity contribution in [1.82, 2.24) is 9.55 Å². The molecule has 4 aromatic rings. The van der Waals surface area contributed by atoms with Crippen molar-refractivity contribution in [2.75, 3.05) is 13.7 Å². The lowest BCUT2D eigenvalue weighted by Crippen LogP contribution is -2.40. The largest absolute Gasteiger partial charge is 0.497 e. The number of rotatable bonds is 5. The number of hydrogen-bond donors (Lipinski definition) is 1. The molecule has 0 fully saturated rings. The number of benzene rings is 2. The summed E-state index contributed by atoms with van der Waals surface area (Å²) in [6.07, 6.45) is 1.57. The topological polar surface area (TPSA) is 103 Å². The van der Waals surface area contributed by atoms with Gasteiger partial charge >= 0.3 is 5.97 Å². The lowest BCUT2D eigenvalue weighted by Gasteiger charge is -2.24. The lowest BCUT2D eigenvalue weighted by atomic mass is 9.95. The van der Waals surface area contributed by atoms with Crippen LogP contribution in [0.2, 0.25) is 0 Å². The van der Waals surface area contributed by atoms with E-state index in [0.29, 0.717) is 37.4 Å². The number of esters is 1. The number of nitrogens with one attached hydrogen (secondary N) is 1. The average Bonchev–Trinajstić information content (AvgIpc) is 3.18. The van der Waals surface area contributed by atoms with Crippen LogP contribution in [0.1, 0.15) is 36.6 Å². The van der Waals surface area contributed by atoms with Crippen LogP contribution < -0.4 is 25.2 Å². The molecule has 1 aliphatic rings. The number of pyridine rings is 1. The number of carbonyl (C=O) groups excluding carboxylic acids is 1. The zero-order valence-corrected chi connectivity index (χ0v) is 21.6. The highest BCUT2D eigenvalue weighted by atomic mass is 32.1. The molecule has 2 aromatic carbocycles. The summed E-state index contributed by atoms with van der Waals surface area (Å²) >= 11 is 1.18. The monoisotopic (exact) mass is 515 g/mol. The molecule has 188 valence electrons. The molecule has 0 radical (unpaired) electrons. The molecule has 9 heteroatoms. The molecule has 0 bridgehead atoms. The Kier molecular flexibility index (Phi) is 6.39. The van der Waals surface area contributed by atoms with Gasteiger partial charge < -0.3 is 14.5 Å². The number of allylic oxidation sites excluding steroid dienone is 1. The van der Waals surface area contributed by atoms with Gasteiger partial charge in [0, 0.05) is 11.6 Å². The molecule has 1 N–H and O–H groups in total. The van der Waals surface area contributed by atoms with E-state index in [1.165, 1.54) is 15.9 Å². The first-order chi connectivity index (χ1) is 17.8. The second kappa shape index (κ2) is 9.67. The number of nitrogens with zero attached hydrogens (tertiary/aromatic N) is 2. The average molecular weight is 516 g/mol. The lowest BCUT2D eigenvalue weighted by molar-refractivity contribution is -0.139. The molecule has 0 spiro atoms. The van der Waals surface area contributed by atoms with Gasteiger partial charge in [-0.25, -0.2) is 9.79 Å². The summed E-state index contributed by atoms with van der Waals surface area (Å²) in [5.41, 5.74) is 2.96. The number of ether oxygens (including phenoxy) is 2. The maximum Gasteiger partial charge on any atom is 0.338 e. The Morgan fingerprint density at radius 2 is 1.89 bits per heavy atom. The van der Waals surface area contributed by atoms with Crippen LogP contribution in [0.4, 0.5) is 0 Å². The normalized spacial score (nSPS) is 15.5. The Hall–Kier alpha value is -4.24. The smallest absolute Gasteiger partial charge is 0.338 e. The number of H-pyrrole nitrogens is 1. The molecule has 0 amide bonds. The minimum Gasteiger partial charge on any atom is -0.497 e. The molecule has 0 aliphatic carbocycles. The number of carbonyl (C=O) groups is 1. The number of thiazole rings is 1. The van der Waals surface area contributed by atoms with E-state index in [1.807, 2.05) is 37.3 Å². The minimum absolute atomic E-state index is 0.206. The first-order valence-electron chi connectivity index (χ1n) is 11.8. The van der Waals surface area contributed by atoms with Crippen molar-refractivity contribution >= 4 is 34.3 Å². The quantitative estimate of drug-likeness (QED) is 0.412. The third kappa shape index (κ3) is 4.42. The van der Waals surface area contributed by atoms with Crippen molar-refractivity contribution < 1.29 is 14.3 Å². The maximum absolute atomic E-state index is 13.7. The Labute approximate surface area is 215 Å². The second-order valence-corrected chi connectivity index (χ2v) is 9.73. The number of aromatic nitrogens is 2. The van der Waals surface area contributed by atoms with Gasteiger partial charge in [-0.2, -0.15) is 0 Å². The zero-order chi connectivity index (χ0) is 26.3. The molecule has 0 saturated heterocycles. The van der Waals surface area contributed by atoms with E-state index in [4.69, 9.17) is 9.47 Å². The van der Waals surface area contributed by atoms with Gasteiger partial charge in [0.25, 0.3) is 11.1 Å². The van der Waals surface area contributed by atoms with Crippen LogP contribution in [0.3, 0.4) is 0 Å². The zero-order valence-electron chi connectivity index (χ0n) is 20.8. The first kappa shape index (κ1) is 24.5. The van der Waals surface area contributed by atoms with Gasteiger partial charge in [-0.15, -0.1) is 0 Å². The van der Waals surface area contributed by atoms with Crippen molar-refractivity contribution in [3.63, 3.8) is 0 Å². The van der Waals surface area contributed by atoms with Crippen molar-refractivity contribution in [2.24, 2.45) is 4.99 Å². The Balaban J connectivity index is 1.71. The number of hydrogen-bond acceptors (Lipinski definition) is 7.